The second-order valence-electron chi connectivity index (χ2n) is 4.64. The van der Waals surface area contributed by atoms with E-state index in [0.717, 1.165) is 18.4 Å². The topological polar surface area (TPSA) is 54.9 Å². The highest BCUT2D eigenvalue weighted by Gasteiger charge is 2.46. The fourth-order valence-electron chi connectivity index (χ4n) is 2.09. The molecule has 1 heterocycles. The van der Waals surface area contributed by atoms with Crippen LogP contribution in [0.3, 0.4) is 0 Å². The molecule has 19 heavy (non-hydrogen) atoms. The van der Waals surface area contributed by atoms with E-state index in [1.807, 2.05) is 6.07 Å². The second-order valence-corrected chi connectivity index (χ2v) is 4.64. The van der Waals surface area contributed by atoms with Gasteiger partial charge in [-0.15, -0.1) is 0 Å². The van der Waals surface area contributed by atoms with Crippen LogP contribution >= 0.6 is 0 Å². The van der Waals surface area contributed by atoms with Crippen LogP contribution in [0, 0.1) is 5.82 Å². The summed E-state index contributed by atoms with van der Waals surface area (Å²) < 4.78 is 13.3. The molecule has 96 valence electrons. The lowest BCUT2D eigenvalue weighted by atomic mass is 10.0. The molecule has 1 aliphatic rings. The molecule has 1 amide bonds. The number of hydrogen-bond donors (Lipinski definition) is 1. The number of carbonyl (C=O) groups excluding carboxylic acids is 1. The smallest absolute Gasteiger partial charge is 0.272 e. The maximum Gasteiger partial charge on any atom is 0.272 e. The fraction of sp³-hybridized carbons (Fsp3) is 0.214. The molecule has 1 aromatic heterocycles. The second kappa shape index (κ2) is 4.42. The summed E-state index contributed by atoms with van der Waals surface area (Å²) in [5.41, 5.74) is 0.617. The van der Waals surface area contributed by atoms with Crippen molar-refractivity contribution in [3.8, 4) is 0 Å². The van der Waals surface area contributed by atoms with Gasteiger partial charge in [0.05, 0.1) is 11.7 Å². The van der Waals surface area contributed by atoms with Gasteiger partial charge >= 0.3 is 0 Å². The third-order valence-corrected chi connectivity index (χ3v) is 3.28. The summed E-state index contributed by atoms with van der Waals surface area (Å²) in [6.45, 7) is 0. The molecular weight excluding hydrogens is 245 g/mol. The normalized spacial score (nSPS) is 15.8. The van der Waals surface area contributed by atoms with Crippen LogP contribution in [0.1, 0.15) is 28.9 Å². The molecule has 4 nitrogen and oxygen atoms in total. The number of aromatic nitrogens is 2. The quantitative estimate of drug-likeness (QED) is 0.915. The Kier molecular flexibility index (Phi) is 2.74. The molecular formula is C14H12FN3O. The van der Waals surface area contributed by atoms with Gasteiger partial charge in [0.25, 0.3) is 5.91 Å². The number of carbonyl (C=O) groups is 1. The third-order valence-electron chi connectivity index (χ3n) is 3.28. The van der Waals surface area contributed by atoms with Gasteiger partial charge in [0.1, 0.15) is 11.5 Å². The SMILES string of the molecule is O=C(NC1(c2cccc(F)c2)CC1)c1cnccn1. The van der Waals surface area contributed by atoms with E-state index in [1.165, 1.54) is 30.7 Å². The van der Waals surface area contributed by atoms with E-state index in [4.69, 9.17) is 0 Å². The molecule has 0 saturated heterocycles. The van der Waals surface area contributed by atoms with Crippen molar-refractivity contribution in [1.29, 1.82) is 0 Å². The van der Waals surface area contributed by atoms with Crippen LogP contribution in [-0.4, -0.2) is 15.9 Å². The predicted octanol–water partition coefficient (Wildman–Crippen LogP) is 2.03. The number of nitrogens with one attached hydrogen (secondary N) is 1. The summed E-state index contributed by atoms with van der Waals surface area (Å²) >= 11 is 0. The monoisotopic (exact) mass is 257 g/mol. The van der Waals surface area contributed by atoms with Gasteiger partial charge in [-0.3, -0.25) is 9.78 Å². The summed E-state index contributed by atoms with van der Waals surface area (Å²) in [5, 5.41) is 2.92. The van der Waals surface area contributed by atoms with Gasteiger partial charge in [-0.05, 0) is 30.5 Å². The zero-order valence-corrected chi connectivity index (χ0v) is 10.1. The summed E-state index contributed by atoms with van der Waals surface area (Å²) in [6.07, 6.45) is 6.01. The molecule has 1 aliphatic carbocycles. The van der Waals surface area contributed by atoms with E-state index in [-0.39, 0.29) is 17.4 Å². The van der Waals surface area contributed by atoms with Crippen LogP contribution in [0.25, 0.3) is 0 Å². The van der Waals surface area contributed by atoms with Crippen molar-refractivity contribution in [2.45, 2.75) is 18.4 Å². The minimum Gasteiger partial charge on any atom is -0.341 e. The van der Waals surface area contributed by atoms with Crippen LogP contribution < -0.4 is 5.32 Å². The molecule has 1 aromatic carbocycles. The Morgan fingerprint density at radius 2 is 2.16 bits per heavy atom. The van der Waals surface area contributed by atoms with Crippen molar-refractivity contribution in [2.75, 3.05) is 0 Å². The molecule has 5 heteroatoms. The first-order chi connectivity index (χ1) is 9.20. The molecule has 1 saturated carbocycles. The minimum atomic E-state index is -0.448. The van der Waals surface area contributed by atoms with E-state index < -0.39 is 5.54 Å². The number of rotatable bonds is 3. The highest BCUT2D eigenvalue weighted by Crippen LogP contribution is 2.45. The minimum absolute atomic E-state index is 0.269. The lowest BCUT2D eigenvalue weighted by Crippen LogP contribution is -2.35. The Balaban J connectivity index is 1.82. The van der Waals surface area contributed by atoms with Crippen molar-refractivity contribution in [2.24, 2.45) is 0 Å². The standard InChI is InChI=1S/C14H12FN3O/c15-11-3-1-2-10(8-11)14(4-5-14)18-13(19)12-9-16-6-7-17-12/h1-3,6-9H,4-5H2,(H,18,19). The largest absolute Gasteiger partial charge is 0.341 e. The lowest BCUT2D eigenvalue weighted by Gasteiger charge is -2.17. The maximum atomic E-state index is 13.3. The van der Waals surface area contributed by atoms with Gasteiger partial charge in [0, 0.05) is 12.4 Å². The molecule has 1 N–H and O–H groups in total. The average molecular weight is 257 g/mol. The molecule has 0 aliphatic heterocycles. The van der Waals surface area contributed by atoms with Gasteiger partial charge in [-0.25, -0.2) is 9.37 Å². The lowest BCUT2D eigenvalue weighted by molar-refractivity contribution is 0.0925. The van der Waals surface area contributed by atoms with E-state index in [2.05, 4.69) is 15.3 Å². The highest BCUT2D eigenvalue weighted by atomic mass is 19.1. The van der Waals surface area contributed by atoms with Crippen LogP contribution in [0.2, 0.25) is 0 Å². The molecule has 0 atom stereocenters. The Morgan fingerprint density at radius 3 is 2.79 bits per heavy atom. The number of benzene rings is 1. The maximum absolute atomic E-state index is 13.3. The third kappa shape index (κ3) is 2.31. The van der Waals surface area contributed by atoms with Crippen molar-refractivity contribution in [3.63, 3.8) is 0 Å². The predicted molar refractivity (Wildman–Crippen MR) is 66.8 cm³/mol. The number of nitrogens with zero attached hydrogens (tertiary/aromatic N) is 2. The molecule has 2 aromatic rings. The summed E-state index contributed by atoms with van der Waals surface area (Å²) in [5.74, 6) is -0.576. The van der Waals surface area contributed by atoms with Crippen molar-refractivity contribution in [3.05, 3.63) is 59.9 Å². The molecule has 0 unspecified atom stereocenters. The number of hydrogen-bond acceptors (Lipinski definition) is 3. The first kappa shape index (κ1) is 11.8. The van der Waals surface area contributed by atoms with Gasteiger partial charge in [-0.2, -0.15) is 0 Å². The fourth-order valence-corrected chi connectivity index (χ4v) is 2.09. The first-order valence-corrected chi connectivity index (χ1v) is 6.04. The van der Waals surface area contributed by atoms with Gasteiger partial charge in [-0.1, -0.05) is 12.1 Å². The molecule has 0 radical (unpaired) electrons. The van der Waals surface area contributed by atoms with Gasteiger partial charge in [0.2, 0.25) is 0 Å². The Morgan fingerprint density at radius 1 is 1.32 bits per heavy atom. The van der Waals surface area contributed by atoms with Crippen molar-refractivity contribution in [1.82, 2.24) is 15.3 Å². The van der Waals surface area contributed by atoms with Crippen LogP contribution in [0.5, 0.6) is 0 Å². The van der Waals surface area contributed by atoms with Crippen LogP contribution in [0.4, 0.5) is 4.39 Å². The van der Waals surface area contributed by atoms with Gasteiger partial charge < -0.3 is 5.32 Å². The van der Waals surface area contributed by atoms with E-state index in [9.17, 15) is 9.18 Å². The number of halogens is 1. The van der Waals surface area contributed by atoms with Crippen molar-refractivity contribution < 1.29 is 9.18 Å². The van der Waals surface area contributed by atoms with Crippen LogP contribution in [-0.2, 0) is 5.54 Å². The zero-order chi connectivity index (χ0) is 13.3. The van der Waals surface area contributed by atoms with E-state index in [0.29, 0.717) is 0 Å². The summed E-state index contributed by atoms with van der Waals surface area (Å²) in [7, 11) is 0. The Hall–Kier alpha value is -2.30. The van der Waals surface area contributed by atoms with Crippen molar-refractivity contribution >= 4 is 5.91 Å². The Labute approximate surface area is 109 Å². The molecule has 0 spiro atoms. The zero-order valence-electron chi connectivity index (χ0n) is 10.1. The van der Waals surface area contributed by atoms with E-state index in [1.54, 1.807) is 6.07 Å². The van der Waals surface area contributed by atoms with Crippen LogP contribution in [0.15, 0.2) is 42.9 Å². The molecule has 1 fully saturated rings. The highest BCUT2D eigenvalue weighted by molar-refractivity contribution is 5.92. The summed E-state index contributed by atoms with van der Waals surface area (Å²) in [6, 6.07) is 6.33. The first-order valence-electron chi connectivity index (χ1n) is 6.04. The molecule has 0 bridgehead atoms. The number of amides is 1. The molecule has 3 rings (SSSR count). The van der Waals surface area contributed by atoms with E-state index >= 15 is 0 Å². The van der Waals surface area contributed by atoms with Gasteiger partial charge in [0.15, 0.2) is 0 Å². The Bertz CT molecular complexity index is 611. The summed E-state index contributed by atoms with van der Waals surface area (Å²) in [4.78, 5) is 19.9. The average Bonchev–Trinajstić information content (AvgIpc) is 3.21.